The van der Waals surface area contributed by atoms with Crippen LogP contribution in [0.2, 0.25) is 0 Å². The quantitative estimate of drug-likeness (QED) is 0.0854. The van der Waals surface area contributed by atoms with Gasteiger partial charge in [-0.15, -0.1) is 0 Å². The van der Waals surface area contributed by atoms with E-state index in [0.29, 0.717) is 0 Å². The zero-order chi connectivity index (χ0) is 35.2. The zero-order valence-electron chi connectivity index (χ0n) is 26.4. The van der Waals surface area contributed by atoms with Crippen molar-refractivity contribution in [3.05, 3.63) is 51.6 Å². The molecule has 1 amide bonds. The smallest absolute Gasteiger partial charge is 0.320 e. The number of nitrogens with one attached hydrogen (secondary N) is 1. The van der Waals surface area contributed by atoms with E-state index < -0.39 is 94.8 Å². The van der Waals surface area contributed by atoms with Crippen molar-refractivity contribution < 1.29 is 58.9 Å². The first kappa shape index (κ1) is 34.9. The predicted octanol–water partition coefficient (Wildman–Crippen LogP) is 0.124. The van der Waals surface area contributed by atoms with E-state index in [1.807, 2.05) is 0 Å². The van der Waals surface area contributed by atoms with Crippen LogP contribution in [0.4, 0.5) is 0 Å². The van der Waals surface area contributed by atoms with E-state index >= 15 is 0 Å². The Bertz CT molecular complexity index is 1700. The van der Waals surface area contributed by atoms with Crippen LogP contribution in [0.1, 0.15) is 88.6 Å². The molecule has 7 atom stereocenters. The zero-order valence-corrected chi connectivity index (χ0v) is 26.4. The van der Waals surface area contributed by atoms with Crippen LogP contribution in [0.25, 0.3) is 0 Å². The molecule has 5 unspecified atom stereocenters. The van der Waals surface area contributed by atoms with Crippen molar-refractivity contribution in [3.8, 4) is 17.2 Å². The minimum atomic E-state index is -1.97. The number of fused-ring (bicyclic) bond motifs is 3. The maximum absolute atomic E-state index is 13.9. The number of carboxylic acid groups (broad SMARTS) is 1. The fourth-order valence-corrected chi connectivity index (χ4v) is 6.38. The molecule has 1 aliphatic heterocycles. The summed E-state index contributed by atoms with van der Waals surface area (Å²) in [6.45, 7) is 2.98. The van der Waals surface area contributed by atoms with Gasteiger partial charge in [-0.3, -0.25) is 19.2 Å². The molecule has 10 N–H and O–H groups in total. The van der Waals surface area contributed by atoms with Crippen LogP contribution in [-0.4, -0.2) is 98.0 Å². The maximum atomic E-state index is 13.9. The Morgan fingerprint density at radius 2 is 1.85 bits per heavy atom. The molecule has 48 heavy (non-hydrogen) atoms. The SMILES string of the molecule is COc1cccc2c1C(=O)c1c(O)c3c(c(O)c1C2=O)C[C@@](O)(/C(C)=N\NC(=O)CCC(N)C(=O)O)C[C@@H]3OC1CC(N)C(O)C(C)O1. The molecule has 1 fully saturated rings. The van der Waals surface area contributed by atoms with E-state index in [1.54, 1.807) is 6.92 Å². The maximum Gasteiger partial charge on any atom is 0.320 e. The fourth-order valence-electron chi connectivity index (χ4n) is 6.38. The van der Waals surface area contributed by atoms with E-state index in [2.05, 4.69) is 10.5 Å². The summed E-state index contributed by atoms with van der Waals surface area (Å²) < 4.78 is 17.3. The number of aliphatic carboxylic acids is 1. The molecule has 16 nitrogen and oxygen atoms in total. The predicted molar refractivity (Wildman–Crippen MR) is 166 cm³/mol. The van der Waals surface area contributed by atoms with Gasteiger partial charge < -0.3 is 51.2 Å². The number of hydrogen-bond donors (Lipinski definition) is 8. The monoisotopic (exact) mass is 670 g/mol. The molecule has 0 bridgehead atoms. The molecule has 3 aliphatic rings. The number of carboxylic acids is 1. The Kier molecular flexibility index (Phi) is 9.60. The first-order valence-corrected chi connectivity index (χ1v) is 15.3. The lowest BCUT2D eigenvalue weighted by atomic mass is 9.72. The van der Waals surface area contributed by atoms with Crippen LogP contribution in [-0.2, 0) is 25.5 Å². The van der Waals surface area contributed by atoms with E-state index in [0.717, 1.165) is 0 Å². The first-order chi connectivity index (χ1) is 22.6. The Morgan fingerprint density at radius 3 is 2.50 bits per heavy atom. The van der Waals surface area contributed by atoms with Crippen LogP contribution < -0.4 is 21.6 Å². The van der Waals surface area contributed by atoms with E-state index in [4.69, 9.17) is 30.8 Å². The molecular formula is C32H38N4O12. The normalized spacial score (nSPS) is 27.4. The minimum absolute atomic E-state index is 0.0110. The number of nitrogens with zero attached hydrogens (tertiary/aromatic N) is 1. The highest BCUT2D eigenvalue weighted by atomic mass is 16.7. The molecule has 16 heteroatoms. The Labute approximate surface area is 274 Å². The third-order valence-corrected chi connectivity index (χ3v) is 9.16. The number of aliphatic hydroxyl groups excluding tert-OH is 1. The highest BCUT2D eigenvalue weighted by Gasteiger charge is 2.49. The van der Waals surface area contributed by atoms with Crippen LogP contribution in [0.5, 0.6) is 17.2 Å². The molecule has 2 aliphatic carbocycles. The number of ketones is 2. The Morgan fingerprint density at radius 1 is 1.17 bits per heavy atom. The summed E-state index contributed by atoms with van der Waals surface area (Å²) in [5, 5.41) is 58.6. The van der Waals surface area contributed by atoms with Gasteiger partial charge in [0.25, 0.3) is 0 Å². The molecule has 2 aromatic carbocycles. The molecule has 1 saturated heterocycles. The number of hydrazone groups is 1. The molecule has 0 saturated carbocycles. The number of carbonyl (C=O) groups is 4. The van der Waals surface area contributed by atoms with E-state index in [-0.39, 0.29) is 59.4 Å². The summed E-state index contributed by atoms with van der Waals surface area (Å²) in [5.41, 5.74) is 10.5. The third-order valence-electron chi connectivity index (χ3n) is 9.16. The second kappa shape index (κ2) is 13.2. The minimum Gasteiger partial charge on any atom is -0.507 e. The van der Waals surface area contributed by atoms with Gasteiger partial charge in [-0.2, -0.15) is 5.10 Å². The molecular weight excluding hydrogens is 632 g/mol. The van der Waals surface area contributed by atoms with Gasteiger partial charge in [0.05, 0.1) is 47.8 Å². The summed E-state index contributed by atoms with van der Waals surface area (Å²) in [4.78, 5) is 51.0. The fraction of sp³-hybridized carbons (Fsp3) is 0.469. The second-order valence-electron chi connectivity index (χ2n) is 12.3. The number of aromatic hydroxyl groups is 2. The number of aliphatic hydroxyl groups is 2. The van der Waals surface area contributed by atoms with Crippen LogP contribution in [0.3, 0.4) is 0 Å². The van der Waals surface area contributed by atoms with Crippen LogP contribution >= 0.6 is 0 Å². The Hall–Kier alpha value is -4.45. The summed E-state index contributed by atoms with van der Waals surface area (Å²) >= 11 is 0. The molecule has 0 spiro atoms. The summed E-state index contributed by atoms with van der Waals surface area (Å²) in [6.07, 6.45) is -5.31. The van der Waals surface area contributed by atoms with Gasteiger partial charge in [0.1, 0.15) is 28.9 Å². The van der Waals surface area contributed by atoms with Crippen molar-refractivity contribution in [2.45, 2.75) is 88.2 Å². The number of rotatable bonds is 9. The van der Waals surface area contributed by atoms with Crippen molar-refractivity contribution in [2.75, 3.05) is 7.11 Å². The number of benzene rings is 2. The van der Waals surface area contributed by atoms with Crippen molar-refractivity contribution in [1.82, 2.24) is 5.43 Å². The molecule has 0 radical (unpaired) electrons. The third kappa shape index (κ3) is 6.13. The lowest BCUT2D eigenvalue weighted by molar-refractivity contribution is -0.245. The summed E-state index contributed by atoms with van der Waals surface area (Å²) in [7, 11) is 1.32. The number of hydrogen-bond acceptors (Lipinski definition) is 14. The van der Waals surface area contributed by atoms with Gasteiger partial charge in [0, 0.05) is 48.4 Å². The average molecular weight is 671 g/mol. The van der Waals surface area contributed by atoms with Crippen LogP contribution in [0, 0.1) is 0 Å². The number of amides is 1. The molecule has 5 rings (SSSR count). The summed E-state index contributed by atoms with van der Waals surface area (Å²) in [5.74, 6) is -4.71. The highest BCUT2D eigenvalue weighted by Crippen LogP contribution is 2.52. The summed E-state index contributed by atoms with van der Waals surface area (Å²) in [6, 6.07) is 2.36. The standard InChI is InChI=1S/C32H38N4O12/c1-12-26(38)17(34)9-21(47-12)48-19-11-32(45,13(2)35-36-20(37)8-7-16(33)31(43)44)10-15-23(19)30(42)25-24(28(15)40)27(39)14-5-4-6-18(46-3)22(14)29(25)41/h4-6,12,16-17,19,21,26,38,40,42,45H,7-11,33-34H2,1-3H3,(H,36,37)(H,43,44)/b35-13-/t12?,16?,17?,19-,21?,26?,32-/m0/s1. The lowest BCUT2D eigenvalue weighted by Gasteiger charge is -2.42. The highest BCUT2D eigenvalue weighted by molar-refractivity contribution is 6.31. The van der Waals surface area contributed by atoms with E-state index in [9.17, 15) is 39.6 Å². The number of methoxy groups -OCH3 is 1. The molecule has 1 heterocycles. The number of ether oxygens (including phenoxy) is 3. The van der Waals surface area contributed by atoms with Crippen LogP contribution in [0.15, 0.2) is 23.3 Å². The second-order valence-corrected chi connectivity index (χ2v) is 12.3. The molecule has 258 valence electrons. The van der Waals surface area contributed by atoms with Crippen molar-refractivity contribution in [3.63, 3.8) is 0 Å². The van der Waals surface area contributed by atoms with Crippen molar-refractivity contribution in [1.29, 1.82) is 0 Å². The van der Waals surface area contributed by atoms with Crippen molar-refractivity contribution in [2.24, 2.45) is 16.6 Å². The molecule has 0 aromatic heterocycles. The van der Waals surface area contributed by atoms with E-state index in [1.165, 1.54) is 32.2 Å². The first-order valence-electron chi connectivity index (χ1n) is 15.3. The largest absolute Gasteiger partial charge is 0.507 e. The number of carbonyl (C=O) groups excluding carboxylic acids is 3. The average Bonchev–Trinajstić information content (AvgIpc) is 3.04. The number of phenols is 2. The number of nitrogens with two attached hydrogens (primary N) is 2. The van der Waals surface area contributed by atoms with Gasteiger partial charge in [0.2, 0.25) is 11.7 Å². The Balaban J connectivity index is 1.57. The topological polar surface area (TPSA) is 274 Å². The van der Waals surface area contributed by atoms with Gasteiger partial charge in [-0.05, 0) is 26.3 Å². The lowest BCUT2D eigenvalue weighted by Crippen LogP contribution is -2.52. The van der Waals surface area contributed by atoms with Gasteiger partial charge in [-0.25, -0.2) is 5.43 Å². The van der Waals surface area contributed by atoms with Gasteiger partial charge in [-0.1, -0.05) is 12.1 Å². The van der Waals surface area contributed by atoms with Gasteiger partial charge in [0.15, 0.2) is 12.1 Å². The van der Waals surface area contributed by atoms with Gasteiger partial charge >= 0.3 is 5.97 Å². The van der Waals surface area contributed by atoms with Crippen molar-refractivity contribution >= 4 is 29.2 Å². The number of phenolic OH excluding ortho intramolecular Hbond substituents is 2. The molecule has 2 aromatic rings.